The summed E-state index contributed by atoms with van der Waals surface area (Å²) in [5.74, 6) is 2.53. The van der Waals surface area contributed by atoms with Gasteiger partial charge < -0.3 is 10.2 Å². The van der Waals surface area contributed by atoms with Gasteiger partial charge in [0.15, 0.2) is 0 Å². The number of carbonyl (C=O) groups is 3. The van der Waals surface area contributed by atoms with Crippen LogP contribution in [0.15, 0.2) is 24.4 Å². The van der Waals surface area contributed by atoms with Gasteiger partial charge >= 0.3 is 0 Å². The molecule has 180 valence electrons. The van der Waals surface area contributed by atoms with Crippen LogP contribution in [0, 0.1) is 28.6 Å². The molecule has 1 N–H and O–H groups in total. The second-order valence-corrected chi connectivity index (χ2v) is 12.0. The smallest absolute Gasteiger partial charge is 0.274 e. The molecule has 1 aliphatic heterocycles. The van der Waals surface area contributed by atoms with Crippen molar-refractivity contribution in [2.45, 2.75) is 58.8 Å². The van der Waals surface area contributed by atoms with Gasteiger partial charge in [-0.05, 0) is 73.8 Å². The molecule has 0 spiro atoms. The number of nitrogens with one attached hydrogen (secondary N) is 1. The number of piperidine rings is 1. The number of pyridine rings is 1. The Morgan fingerprint density at radius 3 is 2.82 bits per heavy atom. The standard InChI is InChI=1S/C27H34N4O3/c1-26(2)16-30(9-7-22(26)32)25(34)20-14-31-21(4-3-5-23(31)29-20)24(33)28-15-27-8-6-18-10-17(12-27)11-19(18)13-27/h3-5,14,17-19H,6-13,15-16H2,1-2H3,(H,28,33). The fourth-order valence-electron chi connectivity index (χ4n) is 7.50. The Hall–Kier alpha value is -2.70. The summed E-state index contributed by atoms with van der Waals surface area (Å²) in [5, 5.41) is 3.24. The van der Waals surface area contributed by atoms with Gasteiger partial charge in [-0.1, -0.05) is 19.9 Å². The van der Waals surface area contributed by atoms with Crippen LogP contribution in [0.2, 0.25) is 0 Å². The maximum Gasteiger partial charge on any atom is 0.274 e. The van der Waals surface area contributed by atoms with Crippen LogP contribution in [0.25, 0.3) is 5.65 Å². The third-order valence-corrected chi connectivity index (χ3v) is 9.21. The van der Waals surface area contributed by atoms with Gasteiger partial charge in [0.05, 0.1) is 0 Å². The lowest BCUT2D eigenvalue weighted by Gasteiger charge is -2.45. The topological polar surface area (TPSA) is 83.8 Å². The van der Waals surface area contributed by atoms with E-state index in [1.807, 2.05) is 26.0 Å². The predicted molar refractivity (Wildman–Crippen MR) is 127 cm³/mol. The molecule has 4 fully saturated rings. The van der Waals surface area contributed by atoms with Crippen LogP contribution in [0.1, 0.15) is 79.8 Å². The number of hydrogen-bond donors (Lipinski definition) is 1. The summed E-state index contributed by atoms with van der Waals surface area (Å²) in [7, 11) is 0. The van der Waals surface area contributed by atoms with E-state index < -0.39 is 5.41 Å². The lowest BCUT2D eigenvalue weighted by molar-refractivity contribution is -0.130. The number of Topliss-reactive ketones (excluding diaryl/α,β-unsaturated/α-hetero) is 1. The third-order valence-electron chi connectivity index (χ3n) is 9.21. The Balaban J connectivity index is 1.19. The number of fused-ring (bicyclic) bond motifs is 3. The summed E-state index contributed by atoms with van der Waals surface area (Å²) in [6.07, 6.45) is 9.89. The zero-order valence-electron chi connectivity index (χ0n) is 20.2. The monoisotopic (exact) mass is 462 g/mol. The van der Waals surface area contributed by atoms with Gasteiger partial charge in [0.25, 0.3) is 11.8 Å². The van der Waals surface area contributed by atoms with Gasteiger partial charge in [0.2, 0.25) is 0 Å². The summed E-state index contributed by atoms with van der Waals surface area (Å²) in [4.78, 5) is 44.8. The number of nitrogens with zero attached hydrogens (tertiary/aromatic N) is 3. The Kier molecular flexibility index (Phi) is 4.91. The van der Waals surface area contributed by atoms with Gasteiger partial charge in [-0.3, -0.25) is 18.8 Å². The first-order valence-electron chi connectivity index (χ1n) is 12.8. The number of rotatable bonds is 4. The molecular weight excluding hydrogens is 428 g/mol. The van der Waals surface area contributed by atoms with E-state index in [2.05, 4.69) is 10.3 Å². The maximum absolute atomic E-state index is 13.3. The number of likely N-dealkylation sites (tertiary alicyclic amines) is 1. The second kappa shape index (κ2) is 7.65. The van der Waals surface area contributed by atoms with Crippen LogP contribution >= 0.6 is 0 Å². The van der Waals surface area contributed by atoms with Gasteiger partial charge in [0.1, 0.15) is 22.8 Å². The highest BCUT2D eigenvalue weighted by Crippen LogP contribution is 2.60. The van der Waals surface area contributed by atoms with Crippen LogP contribution in [-0.4, -0.2) is 51.5 Å². The zero-order valence-corrected chi connectivity index (χ0v) is 20.2. The summed E-state index contributed by atoms with van der Waals surface area (Å²) in [6, 6.07) is 5.43. The van der Waals surface area contributed by atoms with Gasteiger partial charge in [-0.15, -0.1) is 0 Å². The summed E-state index contributed by atoms with van der Waals surface area (Å²) in [6.45, 7) is 5.29. The van der Waals surface area contributed by atoms with Crippen LogP contribution in [0.5, 0.6) is 0 Å². The first-order valence-corrected chi connectivity index (χ1v) is 12.8. The number of imidazole rings is 1. The minimum atomic E-state index is -0.546. The molecule has 3 saturated carbocycles. The molecular formula is C27H34N4O3. The molecule has 0 radical (unpaired) electrons. The van der Waals surface area contributed by atoms with E-state index in [0.717, 1.165) is 24.3 Å². The Morgan fingerprint density at radius 2 is 2.00 bits per heavy atom. The fourth-order valence-corrected chi connectivity index (χ4v) is 7.50. The SMILES string of the molecule is CC1(C)CN(C(=O)c2cn3c(C(=O)NCC45CCC6CC(CC6C4)C5)cccc3n2)CCC1=O. The van der Waals surface area contributed by atoms with Crippen LogP contribution < -0.4 is 5.32 Å². The molecule has 2 aromatic rings. The molecule has 2 amide bonds. The molecule has 7 heteroatoms. The largest absolute Gasteiger partial charge is 0.350 e. The first kappa shape index (κ1) is 21.8. The average molecular weight is 463 g/mol. The van der Waals surface area contributed by atoms with E-state index in [-0.39, 0.29) is 23.0 Å². The number of hydrogen-bond acceptors (Lipinski definition) is 4. The molecule has 6 rings (SSSR count). The van der Waals surface area contributed by atoms with Crippen molar-refractivity contribution in [3.05, 3.63) is 35.8 Å². The molecule has 3 heterocycles. The van der Waals surface area contributed by atoms with Crippen molar-refractivity contribution in [1.82, 2.24) is 19.6 Å². The summed E-state index contributed by atoms with van der Waals surface area (Å²) >= 11 is 0. The Labute approximate surface area is 200 Å². The lowest BCUT2D eigenvalue weighted by Crippen LogP contribution is -2.48. The summed E-state index contributed by atoms with van der Waals surface area (Å²) < 4.78 is 1.72. The molecule has 2 aromatic heterocycles. The number of ketones is 1. The quantitative estimate of drug-likeness (QED) is 0.751. The summed E-state index contributed by atoms with van der Waals surface area (Å²) in [5.41, 5.74) is 1.11. The second-order valence-electron chi connectivity index (χ2n) is 12.0. The van der Waals surface area contributed by atoms with Crippen molar-refractivity contribution < 1.29 is 14.4 Å². The molecule has 0 aromatic carbocycles. The molecule has 4 atom stereocenters. The van der Waals surface area contributed by atoms with Crippen LogP contribution in [0.3, 0.4) is 0 Å². The molecule has 3 aliphatic carbocycles. The lowest BCUT2D eigenvalue weighted by atomic mass is 9.62. The van der Waals surface area contributed by atoms with E-state index in [4.69, 9.17) is 0 Å². The normalized spacial score (nSPS) is 31.8. The zero-order chi connectivity index (χ0) is 23.7. The van der Waals surface area contributed by atoms with Crippen molar-refractivity contribution in [2.75, 3.05) is 19.6 Å². The third kappa shape index (κ3) is 3.55. The van der Waals surface area contributed by atoms with Gasteiger partial charge in [0, 0.05) is 37.7 Å². The highest BCUT2D eigenvalue weighted by atomic mass is 16.2. The minimum Gasteiger partial charge on any atom is -0.350 e. The molecule has 4 unspecified atom stereocenters. The predicted octanol–water partition coefficient (Wildman–Crippen LogP) is 3.72. The fraction of sp³-hybridized carbons (Fsp3) is 0.630. The molecule has 1 saturated heterocycles. The minimum absolute atomic E-state index is 0.110. The Bertz CT molecular complexity index is 1180. The molecule has 7 nitrogen and oxygen atoms in total. The first-order chi connectivity index (χ1) is 16.2. The average Bonchev–Trinajstić information content (AvgIpc) is 3.33. The van der Waals surface area contributed by atoms with E-state index in [9.17, 15) is 14.4 Å². The maximum atomic E-state index is 13.3. The molecule has 3 bridgehead atoms. The van der Waals surface area contributed by atoms with Crippen molar-refractivity contribution in [2.24, 2.45) is 28.6 Å². The highest BCUT2D eigenvalue weighted by molar-refractivity contribution is 5.97. The molecule has 4 aliphatic rings. The molecule has 34 heavy (non-hydrogen) atoms. The van der Waals surface area contributed by atoms with Gasteiger partial charge in [-0.2, -0.15) is 0 Å². The van der Waals surface area contributed by atoms with E-state index in [1.54, 1.807) is 21.6 Å². The number of amides is 2. The van der Waals surface area contributed by atoms with Crippen molar-refractivity contribution in [1.29, 1.82) is 0 Å². The van der Waals surface area contributed by atoms with Crippen LogP contribution in [0.4, 0.5) is 0 Å². The van der Waals surface area contributed by atoms with Crippen molar-refractivity contribution in [3.8, 4) is 0 Å². The highest BCUT2D eigenvalue weighted by Gasteiger charge is 2.51. The van der Waals surface area contributed by atoms with E-state index >= 15 is 0 Å². The number of carbonyl (C=O) groups excluding carboxylic acids is 3. The van der Waals surface area contributed by atoms with E-state index in [0.29, 0.717) is 36.5 Å². The van der Waals surface area contributed by atoms with Crippen molar-refractivity contribution >= 4 is 23.2 Å². The van der Waals surface area contributed by atoms with Crippen molar-refractivity contribution in [3.63, 3.8) is 0 Å². The van der Waals surface area contributed by atoms with Gasteiger partial charge in [-0.25, -0.2) is 4.98 Å². The van der Waals surface area contributed by atoms with Crippen LogP contribution in [-0.2, 0) is 4.79 Å². The number of aromatic nitrogens is 2. The Morgan fingerprint density at radius 1 is 1.18 bits per heavy atom. The van der Waals surface area contributed by atoms with E-state index in [1.165, 1.54) is 38.5 Å².